The second-order valence-corrected chi connectivity index (χ2v) is 4.04. The summed E-state index contributed by atoms with van der Waals surface area (Å²) in [6, 6.07) is 6.45. The van der Waals surface area contributed by atoms with E-state index in [0.29, 0.717) is 0 Å². The fourth-order valence-corrected chi connectivity index (χ4v) is 2.00. The zero-order valence-electron chi connectivity index (χ0n) is 10.4. The largest absolute Gasteiger partial charge is 0.493 e. The summed E-state index contributed by atoms with van der Waals surface area (Å²) < 4.78 is 5.49. The topological polar surface area (TPSA) is 45.7 Å². The van der Waals surface area contributed by atoms with Crippen LogP contribution >= 0.6 is 0 Å². The van der Waals surface area contributed by atoms with Gasteiger partial charge in [0.2, 0.25) is 0 Å². The fourth-order valence-electron chi connectivity index (χ4n) is 2.00. The number of nitrogens with one attached hydrogen (secondary N) is 2. The SMILES string of the molecule is CN=C(NC)NCCc1ccc2c(c1)CCO2. The van der Waals surface area contributed by atoms with E-state index in [1.807, 2.05) is 7.05 Å². The van der Waals surface area contributed by atoms with E-state index >= 15 is 0 Å². The molecule has 0 aliphatic carbocycles. The van der Waals surface area contributed by atoms with Crippen LogP contribution in [0.5, 0.6) is 5.75 Å². The summed E-state index contributed by atoms with van der Waals surface area (Å²) in [6.45, 7) is 1.70. The van der Waals surface area contributed by atoms with Gasteiger partial charge in [0.1, 0.15) is 5.75 Å². The van der Waals surface area contributed by atoms with Gasteiger partial charge in [0, 0.05) is 27.1 Å². The van der Waals surface area contributed by atoms with Crippen molar-refractivity contribution in [2.45, 2.75) is 12.8 Å². The van der Waals surface area contributed by atoms with Gasteiger partial charge in [-0.3, -0.25) is 4.99 Å². The highest BCUT2D eigenvalue weighted by Gasteiger charge is 2.11. The summed E-state index contributed by atoms with van der Waals surface area (Å²) in [5, 5.41) is 6.24. The first-order valence-corrected chi connectivity index (χ1v) is 5.96. The first-order valence-electron chi connectivity index (χ1n) is 5.96. The number of aliphatic imine (C=N–C) groups is 1. The molecule has 4 heteroatoms. The maximum Gasteiger partial charge on any atom is 0.190 e. The van der Waals surface area contributed by atoms with Gasteiger partial charge in [-0.25, -0.2) is 0 Å². The van der Waals surface area contributed by atoms with Crippen LogP contribution in [0.25, 0.3) is 0 Å². The molecule has 0 spiro atoms. The van der Waals surface area contributed by atoms with Crippen molar-refractivity contribution in [2.75, 3.05) is 27.2 Å². The number of nitrogens with zero attached hydrogens (tertiary/aromatic N) is 1. The van der Waals surface area contributed by atoms with E-state index in [2.05, 4.69) is 33.8 Å². The first kappa shape index (κ1) is 11.8. The van der Waals surface area contributed by atoms with Crippen LogP contribution in [0.4, 0.5) is 0 Å². The minimum Gasteiger partial charge on any atom is -0.493 e. The summed E-state index contributed by atoms with van der Waals surface area (Å²) in [5.41, 5.74) is 2.67. The molecule has 0 saturated carbocycles. The van der Waals surface area contributed by atoms with E-state index in [9.17, 15) is 0 Å². The van der Waals surface area contributed by atoms with Crippen LogP contribution in [-0.2, 0) is 12.8 Å². The molecule has 92 valence electrons. The van der Waals surface area contributed by atoms with Gasteiger partial charge >= 0.3 is 0 Å². The summed E-state index contributed by atoms with van der Waals surface area (Å²) in [7, 11) is 3.63. The van der Waals surface area contributed by atoms with Crippen LogP contribution in [0.15, 0.2) is 23.2 Å². The van der Waals surface area contributed by atoms with Gasteiger partial charge in [0.25, 0.3) is 0 Å². The molecule has 4 nitrogen and oxygen atoms in total. The zero-order chi connectivity index (χ0) is 12.1. The second kappa shape index (κ2) is 5.57. The van der Waals surface area contributed by atoms with E-state index in [0.717, 1.165) is 37.7 Å². The number of ether oxygens (including phenoxy) is 1. The third-order valence-electron chi connectivity index (χ3n) is 2.92. The molecule has 1 aliphatic heterocycles. The smallest absolute Gasteiger partial charge is 0.190 e. The number of fused-ring (bicyclic) bond motifs is 1. The number of rotatable bonds is 3. The molecule has 0 unspecified atom stereocenters. The Morgan fingerprint density at radius 2 is 2.35 bits per heavy atom. The van der Waals surface area contributed by atoms with Crippen LogP contribution in [0.1, 0.15) is 11.1 Å². The predicted molar refractivity (Wildman–Crippen MR) is 69.8 cm³/mol. The van der Waals surface area contributed by atoms with Crippen molar-refractivity contribution in [3.05, 3.63) is 29.3 Å². The molecule has 2 N–H and O–H groups in total. The molecular weight excluding hydrogens is 214 g/mol. The standard InChI is InChI=1S/C13H19N3O/c1-14-13(15-2)16-7-5-10-3-4-12-11(9-10)6-8-17-12/h3-4,9H,5-8H2,1-2H3,(H2,14,15,16). The lowest BCUT2D eigenvalue weighted by atomic mass is 10.1. The van der Waals surface area contributed by atoms with Crippen molar-refractivity contribution in [3.8, 4) is 5.75 Å². The molecule has 0 amide bonds. The van der Waals surface area contributed by atoms with Crippen LogP contribution < -0.4 is 15.4 Å². The Morgan fingerprint density at radius 1 is 1.47 bits per heavy atom. The third-order valence-corrected chi connectivity index (χ3v) is 2.92. The molecule has 1 aromatic rings. The first-order chi connectivity index (χ1) is 8.33. The molecule has 0 atom stereocenters. The average molecular weight is 233 g/mol. The van der Waals surface area contributed by atoms with Crippen molar-refractivity contribution < 1.29 is 4.74 Å². The molecule has 0 aromatic heterocycles. The predicted octanol–water partition coefficient (Wildman–Crippen LogP) is 0.959. The Labute approximate surface area is 102 Å². The van der Waals surface area contributed by atoms with Gasteiger partial charge in [-0.1, -0.05) is 12.1 Å². The lowest BCUT2D eigenvalue weighted by Gasteiger charge is -2.08. The Morgan fingerprint density at radius 3 is 3.12 bits per heavy atom. The van der Waals surface area contributed by atoms with E-state index in [1.54, 1.807) is 7.05 Å². The quantitative estimate of drug-likeness (QED) is 0.604. The van der Waals surface area contributed by atoms with Crippen molar-refractivity contribution in [2.24, 2.45) is 4.99 Å². The molecule has 0 bridgehead atoms. The third kappa shape index (κ3) is 2.90. The summed E-state index contributed by atoms with van der Waals surface area (Å²) in [5.74, 6) is 1.88. The average Bonchev–Trinajstić information content (AvgIpc) is 2.82. The van der Waals surface area contributed by atoms with Gasteiger partial charge in [-0.15, -0.1) is 0 Å². The lowest BCUT2D eigenvalue weighted by molar-refractivity contribution is 0.357. The molecule has 1 aliphatic rings. The van der Waals surface area contributed by atoms with Gasteiger partial charge in [0.05, 0.1) is 6.61 Å². The molecule has 17 heavy (non-hydrogen) atoms. The minimum atomic E-state index is 0.823. The minimum absolute atomic E-state index is 0.823. The summed E-state index contributed by atoms with van der Waals surface area (Å²) in [6.07, 6.45) is 2.03. The van der Waals surface area contributed by atoms with E-state index in [4.69, 9.17) is 4.74 Å². The molecule has 0 saturated heterocycles. The molecule has 2 rings (SSSR count). The normalized spacial score (nSPS) is 14.1. The highest BCUT2D eigenvalue weighted by atomic mass is 16.5. The summed E-state index contributed by atoms with van der Waals surface area (Å²) >= 11 is 0. The van der Waals surface area contributed by atoms with Crippen molar-refractivity contribution >= 4 is 5.96 Å². The Kier molecular flexibility index (Phi) is 3.85. The highest BCUT2D eigenvalue weighted by Crippen LogP contribution is 2.25. The van der Waals surface area contributed by atoms with Crippen molar-refractivity contribution in [1.29, 1.82) is 0 Å². The molecule has 0 radical (unpaired) electrons. The van der Waals surface area contributed by atoms with E-state index < -0.39 is 0 Å². The molecule has 1 aromatic carbocycles. The maximum atomic E-state index is 5.49. The Balaban J connectivity index is 1.87. The second-order valence-electron chi connectivity index (χ2n) is 4.04. The maximum absolute atomic E-state index is 5.49. The number of benzene rings is 1. The van der Waals surface area contributed by atoms with E-state index in [1.165, 1.54) is 11.1 Å². The van der Waals surface area contributed by atoms with Crippen molar-refractivity contribution in [3.63, 3.8) is 0 Å². The van der Waals surface area contributed by atoms with Gasteiger partial charge in [-0.2, -0.15) is 0 Å². The number of hydrogen-bond donors (Lipinski definition) is 2. The van der Waals surface area contributed by atoms with Gasteiger partial charge in [-0.05, 0) is 23.6 Å². The van der Waals surface area contributed by atoms with Gasteiger partial charge in [0.15, 0.2) is 5.96 Å². The Bertz CT molecular complexity index is 415. The summed E-state index contributed by atoms with van der Waals surface area (Å²) in [4.78, 5) is 4.07. The van der Waals surface area contributed by atoms with Crippen LogP contribution in [-0.4, -0.2) is 33.2 Å². The molecule has 0 fully saturated rings. The number of guanidine groups is 1. The lowest BCUT2D eigenvalue weighted by Crippen LogP contribution is -2.35. The van der Waals surface area contributed by atoms with Crippen LogP contribution in [0.2, 0.25) is 0 Å². The van der Waals surface area contributed by atoms with E-state index in [-0.39, 0.29) is 0 Å². The van der Waals surface area contributed by atoms with Crippen molar-refractivity contribution in [1.82, 2.24) is 10.6 Å². The fraction of sp³-hybridized carbons (Fsp3) is 0.462. The number of hydrogen-bond acceptors (Lipinski definition) is 2. The van der Waals surface area contributed by atoms with Gasteiger partial charge < -0.3 is 15.4 Å². The van der Waals surface area contributed by atoms with Crippen LogP contribution in [0, 0.1) is 0 Å². The molecule has 1 heterocycles. The van der Waals surface area contributed by atoms with Crippen LogP contribution in [0.3, 0.4) is 0 Å². The molecular formula is C13H19N3O. The zero-order valence-corrected chi connectivity index (χ0v) is 10.4. The monoisotopic (exact) mass is 233 g/mol. The highest BCUT2D eigenvalue weighted by molar-refractivity contribution is 5.79. The Hall–Kier alpha value is -1.71.